The van der Waals surface area contributed by atoms with Gasteiger partial charge in [0.1, 0.15) is 24.0 Å². The van der Waals surface area contributed by atoms with Crippen molar-refractivity contribution >= 4 is 14.4 Å². The maximum absolute atomic E-state index is 12.2. The van der Waals surface area contributed by atoms with Crippen LogP contribution in [0.2, 0.25) is 18.1 Å². The molecule has 1 saturated carbocycles. The van der Waals surface area contributed by atoms with E-state index in [1.807, 2.05) is 26.8 Å². The number of fused-ring (bicyclic) bond motifs is 1. The highest BCUT2D eigenvalue weighted by atomic mass is 28.4. The number of alkyl carbamates (subject to hydrolysis) is 1. The molecule has 1 N–H and O–H groups in total. The maximum Gasteiger partial charge on any atom is 0.408 e. The number of nitriles is 1. The average Bonchev–Trinajstić information content (AvgIpc) is 3.29. The molecule has 33 heavy (non-hydrogen) atoms. The van der Waals surface area contributed by atoms with Gasteiger partial charge >= 0.3 is 6.09 Å². The Hall–Kier alpha value is -2.04. The third-order valence-electron chi connectivity index (χ3n) is 7.09. The highest BCUT2D eigenvalue weighted by molar-refractivity contribution is 6.74. The Labute approximate surface area is 200 Å². The van der Waals surface area contributed by atoms with Crippen LogP contribution in [0.15, 0.2) is 12.1 Å². The number of carbonyl (C=O) groups excluding carboxylic acids is 1. The van der Waals surface area contributed by atoms with Gasteiger partial charge in [0.15, 0.2) is 8.32 Å². The Bertz CT molecular complexity index is 933. The van der Waals surface area contributed by atoms with Crippen molar-refractivity contribution in [2.24, 2.45) is 5.92 Å². The van der Waals surface area contributed by atoms with E-state index in [1.54, 1.807) is 0 Å². The molecule has 1 amide bonds. The summed E-state index contributed by atoms with van der Waals surface area (Å²) in [6.07, 6.45) is 3.02. The number of rotatable bonds is 7. The summed E-state index contributed by atoms with van der Waals surface area (Å²) in [7, 11) is -1.80. The van der Waals surface area contributed by atoms with E-state index in [-0.39, 0.29) is 5.04 Å². The van der Waals surface area contributed by atoms with E-state index >= 15 is 0 Å². The molecule has 1 aromatic carbocycles. The molecule has 2 aliphatic rings. The molecular weight excluding hydrogens is 432 g/mol. The molecule has 0 aromatic heterocycles. The Balaban J connectivity index is 1.62. The van der Waals surface area contributed by atoms with Crippen LogP contribution in [0.25, 0.3) is 0 Å². The van der Waals surface area contributed by atoms with Gasteiger partial charge in [0.25, 0.3) is 0 Å². The van der Waals surface area contributed by atoms with Crippen LogP contribution in [-0.4, -0.2) is 38.8 Å². The van der Waals surface area contributed by atoms with E-state index in [1.165, 1.54) is 5.56 Å². The lowest BCUT2D eigenvalue weighted by molar-refractivity contribution is 0.0477. The van der Waals surface area contributed by atoms with E-state index in [9.17, 15) is 10.1 Å². The molecule has 0 bridgehead atoms. The molecule has 1 atom stereocenters. The van der Waals surface area contributed by atoms with Crippen LogP contribution >= 0.6 is 0 Å². The summed E-state index contributed by atoms with van der Waals surface area (Å²) in [4.78, 5) is 12.2. The Morgan fingerprint density at radius 3 is 2.39 bits per heavy atom. The Morgan fingerprint density at radius 2 is 1.85 bits per heavy atom. The summed E-state index contributed by atoms with van der Waals surface area (Å²) in [6.45, 7) is 17.9. The topological polar surface area (TPSA) is 80.6 Å². The predicted molar refractivity (Wildman–Crippen MR) is 132 cm³/mol. The van der Waals surface area contributed by atoms with Gasteiger partial charge in [0.05, 0.1) is 11.1 Å². The van der Waals surface area contributed by atoms with Crippen LogP contribution < -0.4 is 10.1 Å². The zero-order valence-corrected chi connectivity index (χ0v) is 22.6. The van der Waals surface area contributed by atoms with E-state index in [0.717, 1.165) is 37.9 Å². The van der Waals surface area contributed by atoms with Crippen molar-refractivity contribution in [3.8, 4) is 11.8 Å². The number of nitrogens with zero attached hydrogens (tertiary/aromatic N) is 1. The number of amides is 1. The Kier molecular flexibility index (Phi) is 6.94. The zero-order chi connectivity index (χ0) is 24.7. The minimum absolute atomic E-state index is 0.184. The van der Waals surface area contributed by atoms with Crippen molar-refractivity contribution < 1.29 is 18.7 Å². The van der Waals surface area contributed by atoms with Crippen LogP contribution in [0.4, 0.5) is 4.79 Å². The molecule has 2 aliphatic carbocycles. The molecule has 0 spiro atoms. The van der Waals surface area contributed by atoms with Gasteiger partial charge in [-0.3, -0.25) is 0 Å². The second kappa shape index (κ2) is 8.96. The average molecular weight is 473 g/mol. The summed E-state index contributed by atoms with van der Waals surface area (Å²) in [5.74, 6) is 0.986. The highest BCUT2D eigenvalue weighted by Gasteiger charge is 2.46. The molecule has 1 aromatic rings. The largest absolute Gasteiger partial charge is 0.490 e. The SMILES string of the molecule is CC(C)(C)OC(=O)NC1(COc2ccc3c(c2C#N)CC(CO[Si](C)(C)C(C)(C)C)C3)CC1. The predicted octanol–water partition coefficient (Wildman–Crippen LogP) is 5.73. The molecule has 3 rings (SSSR count). The van der Waals surface area contributed by atoms with Crippen LogP contribution in [0.3, 0.4) is 0 Å². The molecule has 1 fully saturated rings. The second-order valence-electron chi connectivity index (χ2n) is 12.2. The summed E-state index contributed by atoms with van der Waals surface area (Å²) in [5.41, 5.74) is 1.97. The summed E-state index contributed by atoms with van der Waals surface area (Å²) < 4.78 is 17.9. The molecular formula is C26H40N2O4Si. The van der Waals surface area contributed by atoms with E-state index in [0.29, 0.717) is 23.8 Å². The Morgan fingerprint density at radius 1 is 1.18 bits per heavy atom. The smallest absolute Gasteiger partial charge is 0.408 e. The van der Waals surface area contributed by atoms with Crippen molar-refractivity contribution in [3.05, 3.63) is 28.8 Å². The van der Waals surface area contributed by atoms with Gasteiger partial charge in [-0.15, -0.1) is 0 Å². The van der Waals surface area contributed by atoms with Crippen molar-refractivity contribution in [2.45, 2.75) is 96.5 Å². The number of hydrogen-bond acceptors (Lipinski definition) is 5. The molecule has 1 unspecified atom stereocenters. The van der Waals surface area contributed by atoms with Gasteiger partial charge in [0.2, 0.25) is 0 Å². The summed E-state index contributed by atoms with van der Waals surface area (Å²) in [5, 5.41) is 13.0. The number of benzene rings is 1. The standard InChI is InChI=1S/C26H40N2O4Si/c1-24(2,3)32-23(29)28-26(11-12-26)17-30-22-10-9-19-13-18(14-20(19)21(22)15-27)16-31-33(7,8)25(4,5)6/h9-10,18H,11-14,16-17H2,1-8H3,(H,28,29). The lowest BCUT2D eigenvalue weighted by Gasteiger charge is -2.37. The number of nitrogens with one attached hydrogen (secondary N) is 1. The summed E-state index contributed by atoms with van der Waals surface area (Å²) in [6, 6.07) is 6.36. The van der Waals surface area contributed by atoms with E-state index < -0.39 is 25.6 Å². The van der Waals surface area contributed by atoms with Gasteiger partial charge in [-0.05, 0) is 87.7 Å². The molecule has 0 saturated heterocycles. The molecule has 0 radical (unpaired) electrons. The first kappa shape index (κ1) is 25.6. The van der Waals surface area contributed by atoms with Gasteiger partial charge in [0, 0.05) is 6.61 Å². The van der Waals surface area contributed by atoms with Crippen LogP contribution in [-0.2, 0) is 22.0 Å². The number of ether oxygens (including phenoxy) is 2. The molecule has 0 aliphatic heterocycles. The van der Waals surface area contributed by atoms with Gasteiger partial charge in [-0.1, -0.05) is 26.8 Å². The second-order valence-corrected chi connectivity index (χ2v) is 17.0. The maximum atomic E-state index is 12.2. The van der Waals surface area contributed by atoms with Crippen LogP contribution in [0.5, 0.6) is 5.75 Å². The number of hydrogen-bond donors (Lipinski definition) is 1. The first-order valence-electron chi connectivity index (χ1n) is 12.0. The van der Waals surface area contributed by atoms with Crippen LogP contribution in [0.1, 0.15) is 71.1 Å². The van der Waals surface area contributed by atoms with Crippen molar-refractivity contribution in [1.82, 2.24) is 5.32 Å². The fraction of sp³-hybridized carbons (Fsp3) is 0.692. The highest BCUT2D eigenvalue weighted by Crippen LogP contribution is 2.40. The lowest BCUT2D eigenvalue weighted by Crippen LogP contribution is -2.44. The molecule has 0 heterocycles. The molecule has 6 nitrogen and oxygen atoms in total. The van der Waals surface area contributed by atoms with Gasteiger partial charge in [-0.2, -0.15) is 5.26 Å². The molecule has 182 valence electrons. The van der Waals surface area contributed by atoms with Gasteiger partial charge < -0.3 is 19.2 Å². The van der Waals surface area contributed by atoms with Gasteiger partial charge in [-0.25, -0.2) is 4.79 Å². The fourth-order valence-electron chi connectivity index (χ4n) is 3.86. The first-order valence-corrected chi connectivity index (χ1v) is 14.9. The minimum Gasteiger partial charge on any atom is -0.490 e. The van der Waals surface area contributed by atoms with E-state index in [4.69, 9.17) is 13.9 Å². The number of carbonyl (C=O) groups is 1. The monoisotopic (exact) mass is 472 g/mol. The van der Waals surface area contributed by atoms with Crippen molar-refractivity contribution in [1.29, 1.82) is 5.26 Å². The fourth-order valence-corrected chi connectivity index (χ4v) is 4.95. The summed E-state index contributed by atoms with van der Waals surface area (Å²) >= 11 is 0. The van der Waals surface area contributed by atoms with Crippen molar-refractivity contribution in [3.63, 3.8) is 0 Å². The normalized spacial score (nSPS) is 19.4. The molecule has 7 heteroatoms. The minimum atomic E-state index is -1.80. The zero-order valence-electron chi connectivity index (χ0n) is 21.6. The third kappa shape index (κ3) is 6.30. The first-order chi connectivity index (χ1) is 15.1. The quantitative estimate of drug-likeness (QED) is 0.513. The van der Waals surface area contributed by atoms with Crippen LogP contribution in [0, 0.1) is 17.2 Å². The third-order valence-corrected chi connectivity index (χ3v) is 11.6. The van der Waals surface area contributed by atoms with Crippen molar-refractivity contribution in [2.75, 3.05) is 13.2 Å². The van der Waals surface area contributed by atoms with E-state index in [2.05, 4.69) is 51.3 Å². The lowest BCUT2D eigenvalue weighted by atomic mass is 10.0.